The summed E-state index contributed by atoms with van der Waals surface area (Å²) >= 11 is 0. The number of nitriles is 1. The maximum Gasteiger partial charge on any atom is 0.329 e. The summed E-state index contributed by atoms with van der Waals surface area (Å²) in [5.41, 5.74) is 2.48. The summed E-state index contributed by atoms with van der Waals surface area (Å²) in [6.07, 6.45) is 5.57. The number of allylic oxidation sites excluding steroid dienone is 1. The lowest BCUT2D eigenvalue weighted by molar-refractivity contribution is -0.141. The van der Waals surface area contributed by atoms with Crippen molar-refractivity contribution in [2.24, 2.45) is 11.8 Å². The zero-order valence-corrected chi connectivity index (χ0v) is 18.9. The van der Waals surface area contributed by atoms with Gasteiger partial charge in [0.15, 0.2) is 0 Å². The largest absolute Gasteiger partial charge is 0.480 e. The fourth-order valence-electron chi connectivity index (χ4n) is 5.27. The summed E-state index contributed by atoms with van der Waals surface area (Å²) in [4.78, 5) is 10.6. The standard InChI is InChI=1S/C27H28FNO5/c28-22-10-8-21(9-11-22)27-13-25(34-18-27)23(24(27)3-1-2-12-32-17-26(30)31)16-33-15-20-6-4-19(14-29)5-7-20/h1-2,4-11,23-25H,3,12-13,15-18H2,(H,30,31)/b2-1+/t23-,24-,25-,27-/m0/s1. The first-order valence-electron chi connectivity index (χ1n) is 11.4. The lowest BCUT2D eigenvalue weighted by Gasteiger charge is -2.39. The van der Waals surface area contributed by atoms with Gasteiger partial charge in [-0.05, 0) is 54.2 Å². The van der Waals surface area contributed by atoms with Gasteiger partial charge in [-0.3, -0.25) is 0 Å². The van der Waals surface area contributed by atoms with Crippen LogP contribution in [0.3, 0.4) is 0 Å². The van der Waals surface area contributed by atoms with Crippen molar-refractivity contribution in [3.05, 3.63) is 83.2 Å². The van der Waals surface area contributed by atoms with E-state index in [2.05, 4.69) is 6.07 Å². The number of hydrogen-bond acceptors (Lipinski definition) is 5. The Balaban J connectivity index is 1.45. The highest BCUT2D eigenvalue weighted by Gasteiger charge is 2.59. The Morgan fingerprint density at radius 2 is 1.94 bits per heavy atom. The lowest BCUT2D eigenvalue weighted by atomic mass is 9.69. The lowest BCUT2D eigenvalue weighted by Crippen LogP contribution is -2.41. The number of aliphatic carboxylic acids is 1. The molecule has 1 N–H and O–H groups in total. The van der Waals surface area contributed by atoms with Crippen molar-refractivity contribution in [1.29, 1.82) is 5.26 Å². The van der Waals surface area contributed by atoms with Crippen molar-refractivity contribution in [1.82, 2.24) is 0 Å². The fourth-order valence-corrected chi connectivity index (χ4v) is 5.27. The van der Waals surface area contributed by atoms with Crippen molar-refractivity contribution in [2.75, 3.05) is 26.4 Å². The number of ether oxygens (including phenoxy) is 3. The predicted octanol–water partition coefficient (Wildman–Crippen LogP) is 4.23. The molecule has 1 aliphatic carbocycles. The van der Waals surface area contributed by atoms with Crippen LogP contribution < -0.4 is 0 Å². The minimum atomic E-state index is -0.992. The van der Waals surface area contributed by atoms with Gasteiger partial charge in [0.2, 0.25) is 0 Å². The van der Waals surface area contributed by atoms with Gasteiger partial charge in [0.1, 0.15) is 12.4 Å². The number of carboxylic acids is 1. The molecular weight excluding hydrogens is 437 g/mol. The van der Waals surface area contributed by atoms with Crippen molar-refractivity contribution in [2.45, 2.75) is 31.0 Å². The van der Waals surface area contributed by atoms with E-state index in [1.807, 2.05) is 36.4 Å². The second kappa shape index (κ2) is 10.9. The van der Waals surface area contributed by atoms with Crippen molar-refractivity contribution in [3.63, 3.8) is 0 Å². The summed E-state index contributed by atoms with van der Waals surface area (Å²) < 4.78 is 31.0. The van der Waals surface area contributed by atoms with Crippen LogP contribution in [0.25, 0.3) is 0 Å². The molecule has 6 nitrogen and oxygen atoms in total. The number of carbonyl (C=O) groups is 1. The second-order valence-electron chi connectivity index (χ2n) is 8.93. The Hall–Kier alpha value is -3.05. The number of fused-ring (bicyclic) bond motifs is 2. The molecule has 0 unspecified atom stereocenters. The van der Waals surface area contributed by atoms with Gasteiger partial charge in [-0.15, -0.1) is 0 Å². The van der Waals surface area contributed by atoms with E-state index >= 15 is 0 Å². The van der Waals surface area contributed by atoms with Crippen LogP contribution in [0, 0.1) is 29.0 Å². The van der Waals surface area contributed by atoms with E-state index in [9.17, 15) is 9.18 Å². The Morgan fingerprint density at radius 1 is 1.18 bits per heavy atom. The molecule has 4 rings (SSSR count). The molecule has 1 saturated heterocycles. The SMILES string of the molecule is N#Cc1ccc(COC[C@@H]2[C@@H]3C[C@@](c4ccc(F)cc4)(CO3)[C@H]2C/C=C/COCC(=O)O)cc1. The Labute approximate surface area is 198 Å². The molecule has 4 atom stereocenters. The van der Waals surface area contributed by atoms with Crippen LogP contribution >= 0.6 is 0 Å². The molecule has 0 radical (unpaired) electrons. The van der Waals surface area contributed by atoms with Crippen molar-refractivity contribution < 1.29 is 28.5 Å². The number of carboxylic acid groups (broad SMARTS) is 1. The summed E-state index contributed by atoms with van der Waals surface area (Å²) in [5, 5.41) is 17.7. The molecular formula is C27H28FNO5. The maximum absolute atomic E-state index is 13.6. The van der Waals surface area contributed by atoms with Gasteiger partial charge in [-0.2, -0.15) is 5.26 Å². The molecule has 1 saturated carbocycles. The average Bonchev–Trinajstić information content (AvgIpc) is 3.40. The molecule has 0 aromatic heterocycles. The number of hydrogen-bond donors (Lipinski definition) is 1. The van der Waals surface area contributed by atoms with E-state index < -0.39 is 5.97 Å². The van der Waals surface area contributed by atoms with Gasteiger partial charge in [0.25, 0.3) is 0 Å². The number of halogens is 1. The predicted molar refractivity (Wildman–Crippen MR) is 122 cm³/mol. The second-order valence-corrected chi connectivity index (χ2v) is 8.93. The van der Waals surface area contributed by atoms with Gasteiger partial charge < -0.3 is 19.3 Å². The van der Waals surface area contributed by atoms with Gasteiger partial charge >= 0.3 is 5.97 Å². The van der Waals surface area contributed by atoms with Crippen LogP contribution in [0.15, 0.2) is 60.7 Å². The molecule has 2 bridgehead atoms. The minimum Gasteiger partial charge on any atom is -0.480 e. The van der Waals surface area contributed by atoms with Crippen LogP contribution in [-0.4, -0.2) is 43.6 Å². The van der Waals surface area contributed by atoms with Crippen LogP contribution in [0.5, 0.6) is 0 Å². The monoisotopic (exact) mass is 465 g/mol. The van der Waals surface area contributed by atoms with Gasteiger partial charge in [0, 0.05) is 11.3 Å². The number of nitrogens with zero attached hydrogens (tertiary/aromatic N) is 1. The molecule has 34 heavy (non-hydrogen) atoms. The van der Waals surface area contributed by atoms with E-state index in [1.165, 1.54) is 12.1 Å². The molecule has 1 heterocycles. The van der Waals surface area contributed by atoms with E-state index in [-0.39, 0.29) is 42.4 Å². The number of benzene rings is 2. The zero-order chi connectivity index (χ0) is 24.0. The highest BCUT2D eigenvalue weighted by atomic mass is 19.1. The third-order valence-corrected chi connectivity index (χ3v) is 6.90. The smallest absolute Gasteiger partial charge is 0.329 e. The van der Waals surface area contributed by atoms with E-state index in [1.54, 1.807) is 12.1 Å². The topological polar surface area (TPSA) is 88.8 Å². The molecule has 2 aromatic rings. The normalized spacial score (nSPS) is 25.6. The molecule has 1 aliphatic heterocycles. The van der Waals surface area contributed by atoms with Crippen LogP contribution in [0.1, 0.15) is 29.5 Å². The first kappa shape index (κ1) is 24.1. The molecule has 0 spiro atoms. The fraction of sp³-hybridized carbons (Fsp3) is 0.407. The third-order valence-electron chi connectivity index (χ3n) is 6.90. The summed E-state index contributed by atoms with van der Waals surface area (Å²) in [6.45, 7) is 1.48. The first-order chi connectivity index (χ1) is 16.5. The van der Waals surface area contributed by atoms with Crippen molar-refractivity contribution in [3.8, 4) is 6.07 Å². The molecule has 7 heteroatoms. The zero-order valence-electron chi connectivity index (χ0n) is 18.9. The van der Waals surface area contributed by atoms with Crippen molar-refractivity contribution >= 4 is 5.97 Å². The molecule has 2 aliphatic rings. The van der Waals surface area contributed by atoms with Crippen LogP contribution in [-0.2, 0) is 31.0 Å². The Kier molecular flexibility index (Phi) is 7.73. The highest BCUT2D eigenvalue weighted by Crippen LogP contribution is 2.56. The summed E-state index contributed by atoms with van der Waals surface area (Å²) in [6, 6.07) is 16.2. The number of rotatable bonds is 11. The first-order valence-corrected chi connectivity index (χ1v) is 11.4. The van der Waals surface area contributed by atoms with Crippen LogP contribution in [0.2, 0.25) is 0 Å². The van der Waals surface area contributed by atoms with Gasteiger partial charge in [-0.25, -0.2) is 9.18 Å². The highest BCUT2D eigenvalue weighted by molar-refractivity contribution is 5.68. The summed E-state index contributed by atoms with van der Waals surface area (Å²) in [5.74, 6) is -0.855. The maximum atomic E-state index is 13.6. The van der Waals surface area contributed by atoms with Crippen LogP contribution in [0.4, 0.5) is 4.39 Å². The van der Waals surface area contributed by atoms with Gasteiger partial charge in [-0.1, -0.05) is 36.4 Å². The quantitative estimate of drug-likeness (QED) is 0.395. The van der Waals surface area contributed by atoms with E-state index in [4.69, 9.17) is 24.6 Å². The Morgan fingerprint density at radius 3 is 2.65 bits per heavy atom. The molecule has 0 amide bonds. The van der Waals surface area contributed by atoms with Gasteiger partial charge in [0.05, 0.1) is 44.2 Å². The molecule has 2 aromatic carbocycles. The Bertz CT molecular complexity index is 1050. The van der Waals surface area contributed by atoms with E-state index in [0.29, 0.717) is 25.4 Å². The third kappa shape index (κ3) is 5.36. The average molecular weight is 466 g/mol. The minimum absolute atomic E-state index is 0.0627. The molecule has 178 valence electrons. The van der Waals surface area contributed by atoms with E-state index in [0.717, 1.165) is 24.0 Å². The summed E-state index contributed by atoms with van der Waals surface area (Å²) in [7, 11) is 0. The molecule has 2 fully saturated rings.